The number of halogens is 1. The van der Waals surface area contributed by atoms with Crippen molar-refractivity contribution in [3.8, 4) is 0 Å². The number of fused-ring (bicyclic) bond motifs is 1. The summed E-state index contributed by atoms with van der Waals surface area (Å²) in [5.41, 5.74) is 2.55. The Bertz CT molecular complexity index is 512. The lowest BCUT2D eigenvalue weighted by molar-refractivity contribution is 0.219. The molecule has 1 N–H and O–H groups in total. The zero-order chi connectivity index (χ0) is 11.7. The van der Waals surface area contributed by atoms with E-state index in [0.717, 1.165) is 11.0 Å². The van der Waals surface area contributed by atoms with Gasteiger partial charge in [-0.25, -0.2) is 0 Å². The van der Waals surface area contributed by atoms with Crippen molar-refractivity contribution in [2.75, 3.05) is 13.1 Å². The summed E-state index contributed by atoms with van der Waals surface area (Å²) in [7, 11) is 0. The van der Waals surface area contributed by atoms with Gasteiger partial charge in [-0.2, -0.15) is 0 Å². The normalized spacial score (nSPS) is 17.7. The van der Waals surface area contributed by atoms with Gasteiger partial charge in [0, 0.05) is 22.1 Å². The molecule has 2 heterocycles. The van der Waals surface area contributed by atoms with Gasteiger partial charge >= 0.3 is 0 Å². The second-order valence-electron chi connectivity index (χ2n) is 4.84. The molecule has 1 aromatic carbocycles. The Morgan fingerprint density at radius 3 is 2.76 bits per heavy atom. The molecule has 3 rings (SSSR count). The van der Waals surface area contributed by atoms with Crippen LogP contribution < -0.4 is 0 Å². The van der Waals surface area contributed by atoms with E-state index in [1.54, 1.807) is 0 Å². The molecule has 1 aliphatic heterocycles. The molecule has 0 radical (unpaired) electrons. The van der Waals surface area contributed by atoms with Gasteiger partial charge in [0.15, 0.2) is 0 Å². The van der Waals surface area contributed by atoms with Crippen LogP contribution in [0.3, 0.4) is 0 Å². The first-order chi connectivity index (χ1) is 8.33. The Kier molecular flexibility index (Phi) is 3.21. The van der Waals surface area contributed by atoms with Crippen molar-refractivity contribution < 1.29 is 0 Å². The molecule has 1 saturated heterocycles. The molecule has 0 atom stereocenters. The number of aromatic nitrogens is 1. The third-order valence-corrected chi connectivity index (χ3v) is 4.16. The number of rotatable bonds is 2. The molecule has 0 saturated carbocycles. The molecule has 2 aromatic rings. The lowest BCUT2D eigenvalue weighted by Crippen LogP contribution is -2.29. The summed E-state index contributed by atoms with van der Waals surface area (Å²) in [5, 5.41) is 1.30. The van der Waals surface area contributed by atoms with E-state index < -0.39 is 0 Å². The first-order valence-electron chi connectivity index (χ1n) is 6.31. The molecule has 0 unspecified atom stereocenters. The highest BCUT2D eigenvalue weighted by Gasteiger charge is 2.12. The summed E-state index contributed by atoms with van der Waals surface area (Å²) >= 11 is 3.59. The highest BCUT2D eigenvalue weighted by Crippen LogP contribution is 2.24. The quantitative estimate of drug-likeness (QED) is 0.889. The number of nitrogens with one attached hydrogen (secondary N) is 1. The van der Waals surface area contributed by atoms with Crippen LogP contribution in [0.25, 0.3) is 10.9 Å². The first-order valence-corrected chi connectivity index (χ1v) is 7.11. The van der Waals surface area contributed by atoms with E-state index in [2.05, 4.69) is 50.1 Å². The second-order valence-corrected chi connectivity index (χ2v) is 5.69. The van der Waals surface area contributed by atoms with Gasteiger partial charge in [0.25, 0.3) is 0 Å². The summed E-state index contributed by atoms with van der Waals surface area (Å²) in [6, 6.07) is 8.61. The van der Waals surface area contributed by atoms with E-state index in [1.807, 2.05) is 0 Å². The van der Waals surface area contributed by atoms with Gasteiger partial charge in [-0.15, -0.1) is 0 Å². The van der Waals surface area contributed by atoms with E-state index in [4.69, 9.17) is 0 Å². The van der Waals surface area contributed by atoms with Gasteiger partial charge in [0.2, 0.25) is 0 Å². The Balaban J connectivity index is 1.83. The molecule has 1 aromatic heterocycles. The maximum absolute atomic E-state index is 3.59. The molecule has 2 nitrogen and oxygen atoms in total. The average molecular weight is 293 g/mol. The number of aromatic amines is 1. The van der Waals surface area contributed by atoms with E-state index in [-0.39, 0.29) is 0 Å². The van der Waals surface area contributed by atoms with Crippen molar-refractivity contribution >= 4 is 26.8 Å². The third kappa shape index (κ3) is 2.40. The summed E-state index contributed by atoms with van der Waals surface area (Å²) in [5.74, 6) is 0. The van der Waals surface area contributed by atoms with Crippen LogP contribution in [0, 0.1) is 0 Å². The van der Waals surface area contributed by atoms with Crippen molar-refractivity contribution in [2.24, 2.45) is 0 Å². The molecule has 0 aliphatic carbocycles. The SMILES string of the molecule is Brc1cccc2cc(CN3CCCCC3)[nH]c12. The smallest absolute Gasteiger partial charge is 0.0600 e. The molecule has 0 bridgehead atoms. The number of piperidine rings is 1. The van der Waals surface area contributed by atoms with Crippen LogP contribution in [0.15, 0.2) is 28.7 Å². The maximum atomic E-state index is 3.59. The Morgan fingerprint density at radius 1 is 1.18 bits per heavy atom. The van der Waals surface area contributed by atoms with Crippen molar-refractivity contribution in [1.29, 1.82) is 0 Å². The molecular formula is C14H17BrN2. The van der Waals surface area contributed by atoms with Gasteiger partial charge in [-0.1, -0.05) is 18.6 Å². The zero-order valence-electron chi connectivity index (χ0n) is 9.88. The average Bonchev–Trinajstić information content (AvgIpc) is 2.74. The number of nitrogens with zero attached hydrogens (tertiary/aromatic N) is 1. The Hall–Kier alpha value is -0.800. The molecule has 90 valence electrons. The van der Waals surface area contributed by atoms with Crippen molar-refractivity contribution in [2.45, 2.75) is 25.8 Å². The number of benzene rings is 1. The Labute approximate surface area is 110 Å². The van der Waals surface area contributed by atoms with Crippen LogP contribution in [-0.4, -0.2) is 23.0 Å². The van der Waals surface area contributed by atoms with Crippen LogP contribution in [0.5, 0.6) is 0 Å². The van der Waals surface area contributed by atoms with Crippen molar-refractivity contribution in [1.82, 2.24) is 9.88 Å². The fourth-order valence-corrected chi connectivity index (χ4v) is 3.10. The van der Waals surface area contributed by atoms with Crippen LogP contribution in [0.1, 0.15) is 25.0 Å². The van der Waals surface area contributed by atoms with Crippen LogP contribution in [0.4, 0.5) is 0 Å². The van der Waals surface area contributed by atoms with Gasteiger partial charge < -0.3 is 4.98 Å². The van der Waals surface area contributed by atoms with Gasteiger partial charge in [-0.05, 0) is 54.0 Å². The molecule has 3 heteroatoms. The molecule has 0 amide bonds. The van der Waals surface area contributed by atoms with E-state index in [0.29, 0.717) is 0 Å². The summed E-state index contributed by atoms with van der Waals surface area (Å²) < 4.78 is 1.15. The monoisotopic (exact) mass is 292 g/mol. The number of H-pyrrole nitrogens is 1. The molecule has 17 heavy (non-hydrogen) atoms. The fourth-order valence-electron chi connectivity index (χ4n) is 2.62. The lowest BCUT2D eigenvalue weighted by Gasteiger charge is -2.25. The predicted octanol–water partition coefficient (Wildman–Crippen LogP) is 3.92. The summed E-state index contributed by atoms with van der Waals surface area (Å²) in [6.07, 6.45) is 4.10. The minimum atomic E-state index is 1.06. The lowest BCUT2D eigenvalue weighted by atomic mass is 10.1. The maximum Gasteiger partial charge on any atom is 0.0600 e. The minimum absolute atomic E-state index is 1.06. The molecule has 1 aliphatic rings. The number of likely N-dealkylation sites (tertiary alicyclic amines) is 1. The molecule has 0 spiro atoms. The summed E-state index contributed by atoms with van der Waals surface area (Å²) in [6.45, 7) is 3.55. The highest BCUT2D eigenvalue weighted by atomic mass is 79.9. The van der Waals surface area contributed by atoms with Gasteiger partial charge in [-0.3, -0.25) is 4.90 Å². The van der Waals surface area contributed by atoms with E-state index in [9.17, 15) is 0 Å². The van der Waals surface area contributed by atoms with Crippen LogP contribution >= 0.6 is 15.9 Å². The van der Waals surface area contributed by atoms with Gasteiger partial charge in [0.05, 0.1) is 5.52 Å². The second kappa shape index (κ2) is 4.83. The van der Waals surface area contributed by atoms with Crippen LogP contribution in [-0.2, 0) is 6.54 Å². The van der Waals surface area contributed by atoms with E-state index >= 15 is 0 Å². The topological polar surface area (TPSA) is 19.0 Å². The number of para-hydroxylation sites is 1. The first kappa shape index (κ1) is 11.3. The highest BCUT2D eigenvalue weighted by molar-refractivity contribution is 9.10. The van der Waals surface area contributed by atoms with Gasteiger partial charge in [0.1, 0.15) is 0 Å². The number of hydrogen-bond acceptors (Lipinski definition) is 1. The Morgan fingerprint density at radius 2 is 2.00 bits per heavy atom. The predicted molar refractivity (Wildman–Crippen MR) is 75.1 cm³/mol. The molecular weight excluding hydrogens is 276 g/mol. The van der Waals surface area contributed by atoms with Crippen LogP contribution in [0.2, 0.25) is 0 Å². The van der Waals surface area contributed by atoms with Crippen molar-refractivity contribution in [3.63, 3.8) is 0 Å². The standard InChI is InChI=1S/C14H17BrN2/c15-13-6-4-5-11-9-12(16-14(11)13)10-17-7-2-1-3-8-17/h4-6,9,16H,1-3,7-8,10H2. The minimum Gasteiger partial charge on any atom is -0.356 e. The fraction of sp³-hybridized carbons (Fsp3) is 0.429. The van der Waals surface area contributed by atoms with Crippen molar-refractivity contribution in [3.05, 3.63) is 34.4 Å². The summed E-state index contributed by atoms with van der Waals surface area (Å²) in [4.78, 5) is 6.07. The number of hydrogen-bond donors (Lipinski definition) is 1. The van der Waals surface area contributed by atoms with E-state index in [1.165, 1.54) is 48.9 Å². The largest absolute Gasteiger partial charge is 0.356 e. The zero-order valence-corrected chi connectivity index (χ0v) is 11.5. The third-order valence-electron chi connectivity index (χ3n) is 3.50. The molecule has 1 fully saturated rings.